The molecule has 0 amide bonds. The Kier molecular flexibility index (Phi) is 59.6. The van der Waals surface area contributed by atoms with Crippen molar-refractivity contribution in [3.05, 3.63) is 0 Å². The first-order valence-electron chi connectivity index (χ1n) is 36.4. The largest absolute Gasteiger partial charge is 0.472 e. The number of ether oxygens (including phenoxy) is 4. The van der Waals surface area contributed by atoms with E-state index in [1.807, 2.05) is 0 Å². The van der Waals surface area contributed by atoms with Crippen molar-refractivity contribution in [3.63, 3.8) is 0 Å². The zero-order valence-electron chi connectivity index (χ0n) is 57.9. The summed E-state index contributed by atoms with van der Waals surface area (Å²) in [5.41, 5.74) is 0. The summed E-state index contributed by atoms with van der Waals surface area (Å²) in [5.74, 6) is 0.165. The van der Waals surface area contributed by atoms with E-state index < -0.39 is 97.5 Å². The lowest BCUT2D eigenvalue weighted by atomic mass is 9.99. The number of esters is 4. The third kappa shape index (κ3) is 62.0. The number of carbonyl (C=O) groups excluding carboxylic acids is 4. The Morgan fingerprint density at radius 2 is 0.573 bits per heavy atom. The van der Waals surface area contributed by atoms with Gasteiger partial charge in [0.2, 0.25) is 0 Å². The molecule has 0 aromatic rings. The van der Waals surface area contributed by atoms with Crippen LogP contribution in [-0.4, -0.2) is 96.7 Å². The van der Waals surface area contributed by atoms with Crippen LogP contribution in [0, 0.1) is 17.8 Å². The van der Waals surface area contributed by atoms with Gasteiger partial charge in [0.05, 0.1) is 26.4 Å². The molecular weight excluding hydrogens is 1170 g/mol. The third-order valence-corrected chi connectivity index (χ3v) is 18.8. The average molecular weight is 1310 g/mol. The average Bonchev–Trinajstić information content (AvgIpc) is 3.68. The summed E-state index contributed by atoms with van der Waals surface area (Å²) in [6.45, 7) is 11.8. The monoisotopic (exact) mass is 1310 g/mol. The van der Waals surface area contributed by atoms with Gasteiger partial charge >= 0.3 is 39.5 Å². The molecular formula is C70H136O17P2. The van der Waals surface area contributed by atoms with Crippen LogP contribution < -0.4 is 0 Å². The normalized spacial score (nSPS) is 14.8. The maximum atomic E-state index is 13.0. The quantitative estimate of drug-likeness (QED) is 0.0222. The van der Waals surface area contributed by atoms with E-state index in [2.05, 4.69) is 48.5 Å². The van der Waals surface area contributed by atoms with E-state index in [0.29, 0.717) is 31.6 Å². The molecule has 7 atom stereocenters. The number of hydrogen-bond donors (Lipinski definition) is 3. The Labute approximate surface area is 543 Å². The second-order valence-corrected chi connectivity index (χ2v) is 29.1. The number of rotatable bonds is 68. The molecule has 0 saturated heterocycles. The van der Waals surface area contributed by atoms with Crippen molar-refractivity contribution >= 4 is 39.5 Å². The van der Waals surface area contributed by atoms with E-state index in [1.165, 1.54) is 154 Å². The van der Waals surface area contributed by atoms with Gasteiger partial charge in [0, 0.05) is 25.7 Å². The molecule has 0 bridgehead atoms. The number of phosphoric ester groups is 2. The highest BCUT2D eigenvalue weighted by atomic mass is 31.2. The van der Waals surface area contributed by atoms with Crippen LogP contribution >= 0.6 is 15.6 Å². The number of unbranched alkanes of at least 4 members (excludes halogenated alkanes) is 34. The van der Waals surface area contributed by atoms with Crippen LogP contribution in [0.4, 0.5) is 0 Å². The minimum Gasteiger partial charge on any atom is -0.462 e. The molecule has 0 aliphatic heterocycles. The molecule has 0 aromatic heterocycles. The van der Waals surface area contributed by atoms with Crippen molar-refractivity contribution < 1.29 is 80.2 Å². The molecule has 0 heterocycles. The lowest BCUT2D eigenvalue weighted by Gasteiger charge is -2.21. The summed E-state index contributed by atoms with van der Waals surface area (Å²) in [6, 6.07) is 0. The van der Waals surface area contributed by atoms with Gasteiger partial charge in [-0.25, -0.2) is 9.13 Å². The molecule has 0 aromatic carbocycles. The van der Waals surface area contributed by atoms with Crippen LogP contribution in [0.3, 0.4) is 0 Å². The summed E-state index contributed by atoms with van der Waals surface area (Å²) in [6.07, 6.45) is 44.3. The summed E-state index contributed by atoms with van der Waals surface area (Å²) in [7, 11) is -9.90. The highest BCUT2D eigenvalue weighted by Crippen LogP contribution is 2.45. The lowest BCUT2D eigenvalue weighted by molar-refractivity contribution is -0.161. The fraction of sp³-hybridized carbons (Fsp3) is 0.943. The lowest BCUT2D eigenvalue weighted by Crippen LogP contribution is -2.30. The van der Waals surface area contributed by atoms with Crippen molar-refractivity contribution in [1.29, 1.82) is 0 Å². The van der Waals surface area contributed by atoms with Gasteiger partial charge in [-0.2, -0.15) is 0 Å². The number of phosphoric acid groups is 2. The Morgan fingerprint density at radius 3 is 0.854 bits per heavy atom. The molecule has 19 heteroatoms. The molecule has 17 nitrogen and oxygen atoms in total. The maximum Gasteiger partial charge on any atom is 0.472 e. The third-order valence-electron chi connectivity index (χ3n) is 16.9. The van der Waals surface area contributed by atoms with E-state index in [-0.39, 0.29) is 25.7 Å². The first-order chi connectivity index (χ1) is 42.8. The fourth-order valence-corrected chi connectivity index (χ4v) is 12.1. The fourth-order valence-electron chi connectivity index (χ4n) is 10.5. The molecule has 0 fully saturated rings. The Morgan fingerprint density at radius 1 is 0.326 bits per heavy atom. The van der Waals surface area contributed by atoms with Gasteiger partial charge in [-0.3, -0.25) is 37.3 Å². The standard InChI is InChI=1S/C70H136O17P2/c1-8-11-12-13-14-15-16-17-25-30-39-46-53-69(74)87-66(58-81-68(73)52-45-38-33-32-34-41-48-61(4)5)60-85-89(78,79)83-56-64(71)55-82-88(76,77)84-59-65(86-70(75)54-47-40-31-26-21-19-23-28-36-43-50-63(7)10-3)57-80-67(72)51-44-37-29-24-20-18-22-27-35-42-49-62(6)9-2/h61-66,71H,8-60H2,1-7H3,(H,76,77)(H,78,79)/t62?,63?,64-,65-,66-/m1/s1. The Hall–Kier alpha value is -1.94. The molecule has 0 aliphatic rings. The SMILES string of the molecule is CCCCCCCCCCCCCCC(=O)O[C@H](COC(=O)CCCCCCCCC(C)C)COP(=O)(O)OC[C@H](O)COP(=O)(O)OC[C@@H](COC(=O)CCCCCCCCCCCCC(C)CC)OC(=O)CCCCCCCCCCCCC(C)CC. The van der Waals surface area contributed by atoms with E-state index in [0.717, 1.165) is 108 Å². The molecule has 0 aliphatic carbocycles. The number of aliphatic hydroxyl groups excluding tert-OH is 1. The van der Waals surface area contributed by atoms with E-state index >= 15 is 0 Å². The van der Waals surface area contributed by atoms with Gasteiger partial charge in [0.25, 0.3) is 0 Å². The highest BCUT2D eigenvalue weighted by molar-refractivity contribution is 7.47. The zero-order valence-corrected chi connectivity index (χ0v) is 59.7. The van der Waals surface area contributed by atoms with Gasteiger partial charge in [-0.15, -0.1) is 0 Å². The van der Waals surface area contributed by atoms with Gasteiger partial charge in [0.1, 0.15) is 19.3 Å². The van der Waals surface area contributed by atoms with Gasteiger partial charge in [-0.1, -0.05) is 299 Å². The van der Waals surface area contributed by atoms with Crippen molar-refractivity contribution in [3.8, 4) is 0 Å². The molecule has 89 heavy (non-hydrogen) atoms. The summed E-state index contributed by atoms with van der Waals surface area (Å²) >= 11 is 0. The van der Waals surface area contributed by atoms with E-state index in [1.54, 1.807) is 0 Å². The predicted octanol–water partition coefficient (Wildman–Crippen LogP) is 19.8. The van der Waals surface area contributed by atoms with E-state index in [4.69, 9.17) is 37.0 Å². The topological polar surface area (TPSA) is 237 Å². The molecule has 0 spiro atoms. The van der Waals surface area contributed by atoms with Crippen LogP contribution in [0.1, 0.15) is 350 Å². The molecule has 4 unspecified atom stereocenters. The number of aliphatic hydroxyl groups is 1. The van der Waals surface area contributed by atoms with Crippen molar-refractivity contribution in [1.82, 2.24) is 0 Å². The minimum atomic E-state index is -4.95. The van der Waals surface area contributed by atoms with Crippen LogP contribution in [0.25, 0.3) is 0 Å². The molecule has 0 radical (unpaired) electrons. The van der Waals surface area contributed by atoms with Crippen molar-refractivity contribution in [2.75, 3.05) is 39.6 Å². The Bertz CT molecular complexity index is 1750. The van der Waals surface area contributed by atoms with E-state index in [9.17, 15) is 43.2 Å². The summed E-state index contributed by atoms with van der Waals surface area (Å²) in [5, 5.41) is 10.6. The minimum absolute atomic E-state index is 0.106. The second-order valence-electron chi connectivity index (χ2n) is 26.2. The Balaban J connectivity index is 5.26. The van der Waals surface area contributed by atoms with Gasteiger partial charge in [-0.05, 0) is 43.4 Å². The number of hydrogen-bond acceptors (Lipinski definition) is 15. The first-order valence-corrected chi connectivity index (χ1v) is 39.4. The van der Waals surface area contributed by atoms with Crippen LogP contribution in [0.2, 0.25) is 0 Å². The summed E-state index contributed by atoms with van der Waals surface area (Å²) in [4.78, 5) is 72.5. The molecule has 0 saturated carbocycles. The first kappa shape index (κ1) is 87.1. The van der Waals surface area contributed by atoms with Crippen LogP contribution in [0.15, 0.2) is 0 Å². The molecule has 0 rings (SSSR count). The highest BCUT2D eigenvalue weighted by Gasteiger charge is 2.30. The van der Waals surface area contributed by atoms with Crippen LogP contribution in [-0.2, 0) is 65.4 Å². The van der Waals surface area contributed by atoms with Crippen molar-refractivity contribution in [2.24, 2.45) is 17.8 Å². The van der Waals surface area contributed by atoms with Gasteiger partial charge < -0.3 is 33.8 Å². The molecule has 3 N–H and O–H groups in total. The smallest absolute Gasteiger partial charge is 0.462 e. The summed E-state index contributed by atoms with van der Waals surface area (Å²) < 4.78 is 68.3. The second kappa shape index (κ2) is 61.0. The zero-order chi connectivity index (χ0) is 65.9. The predicted molar refractivity (Wildman–Crippen MR) is 358 cm³/mol. The van der Waals surface area contributed by atoms with Gasteiger partial charge in [0.15, 0.2) is 12.2 Å². The van der Waals surface area contributed by atoms with Crippen molar-refractivity contribution in [2.45, 2.75) is 369 Å². The van der Waals surface area contributed by atoms with Crippen LogP contribution in [0.5, 0.6) is 0 Å². The number of carbonyl (C=O) groups is 4. The molecule has 528 valence electrons. The maximum absolute atomic E-state index is 13.0.